The first-order valence-corrected chi connectivity index (χ1v) is 6.59. The highest BCUT2D eigenvalue weighted by Crippen LogP contribution is 2.19. The molecule has 0 aliphatic rings. The second kappa shape index (κ2) is 6.30. The molecule has 0 spiro atoms. The van der Waals surface area contributed by atoms with Crippen LogP contribution in [0, 0.1) is 17.0 Å². The predicted molar refractivity (Wildman–Crippen MR) is 79.5 cm³/mol. The highest BCUT2D eigenvalue weighted by molar-refractivity contribution is 5.35. The minimum absolute atomic E-state index is 0.0659. The molecule has 1 unspecified atom stereocenters. The summed E-state index contributed by atoms with van der Waals surface area (Å²) in [5.74, 6) is 0. The predicted octanol–water partition coefficient (Wildman–Crippen LogP) is 3.75. The van der Waals surface area contributed by atoms with Crippen molar-refractivity contribution in [1.29, 1.82) is 0 Å². The first-order chi connectivity index (χ1) is 9.56. The summed E-state index contributed by atoms with van der Waals surface area (Å²) < 4.78 is 0. The molecule has 4 heteroatoms. The number of nitro benzene ring substituents is 1. The normalized spacial score (nSPS) is 12.1. The SMILES string of the molecule is Cc1ccc(CNC(C)c2cccc([N+](=O)[O-])c2)cc1. The van der Waals surface area contributed by atoms with Crippen LogP contribution >= 0.6 is 0 Å². The molecule has 0 amide bonds. The fraction of sp³-hybridized carbons (Fsp3) is 0.250. The summed E-state index contributed by atoms with van der Waals surface area (Å²) in [7, 11) is 0. The van der Waals surface area contributed by atoms with Crippen LogP contribution in [0.5, 0.6) is 0 Å². The van der Waals surface area contributed by atoms with Gasteiger partial charge in [-0.2, -0.15) is 0 Å². The van der Waals surface area contributed by atoms with Crippen molar-refractivity contribution in [3.05, 3.63) is 75.3 Å². The van der Waals surface area contributed by atoms with E-state index in [9.17, 15) is 10.1 Å². The van der Waals surface area contributed by atoms with Crippen LogP contribution in [-0.4, -0.2) is 4.92 Å². The van der Waals surface area contributed by atoms with Gasteiger partial charge >= 0.3 is 0 Å². The molecular formula is C16H18N2O2. The van der Waals surface area contributed by atoms with Gasteiger partial charge in [-0.1, -0.05) is 42.0 Å². The van der Waals surface area contributed by atoms with Crippen LogP contribution in [0.4, 0.5) is 5.69 Å². The van der Waals surface area contributed by atoms with E-state index in [2.05, 4.69) is 36.5 Å². The molecule has 0 fully saturated rings. The van der Waals surface area contributed by atoms with Crippen molar-refractivity contribution in [3.8, 4) is 0 Å². The van der Waals surface area contributed by atoms with Crippen LogP contribution in [0.3, 0.4) is 0 Å². The summed E-state index contributed by atoms with van der Waals surface area (Å²) in [5, 5.41) is 14.2. The lowest BCUT2D eigenvalue weighted by Gasteiger charge is -2.14. The van der Waals surface area contributed by atoms with E-state index in [4.69, 9.17) is 0 Å². The Kier molecular flexibility index (Phi) is 4.48. The average molecular weight is 270 g/mol. The molecule has 0 saturated carbocycles. The first kappa shape index (κ1) is 14.2. The maximum absolute atomic E-state index is 10.8. The molecule has 104 valence electrons. The summed E-state index contributed by atoms with van der Waals surface area (Å²) in [5.41, 5.74) is 3.49. The molecular weight excluding hydrogens is 252 g/mol. The number of aryl methyl sites for hydroxylation is 1. The van der Waals surface area contributed by atoms with Gasteiger partial charge in [-0.05, 0) is 25.0 Å². The van der Waals surface area contributed by atoms with Gasteiger partial charge < -0.3 is 5.32 Å². The number of nitrogens with one attached hydrogen (secondary N) is 1. The van der Waals surface area contributed by atoms with E-state index in [0.717, 1.165) is 12.1 Å². The molecule has 0 bridgehead atoms. The topological polar surface area (TPSA) is 55.2 Å². The molecule has 0 aliphatic carbocycles. The van der Waals surface area contributed by atoms with Crippen molar-refractivity contribution >= 4 is 5.69 Å². The number of nitro groups is 1. The summed E-state index contributed by atoms with van der Waals surface area (Å²) in [6.45, 7) is 4.81. The number of rotatable bonds is 5. The molecule has 0 radical (unpaired) electrons. The second-order valence-corrected chi connectivity index (χ2v) is 4.94. The third kappa shape index (κ3) is 3.65. The summed E-state index contributed by atoms with van der Waals surface area (Å²) in [6.07, 6.45) is 0. The average Bonchev–Trinajstić information content (AvgIpc) is 2.46. The fourth-order valence-electron chi connectivity index (χ4n) is 2.00. The second-order valence-electron chi connectivity index (χ2n) is 4.94. The van der Waals surface area contributed by atoms with Crippen LogP contribution in [0.1, 0.15) is 29.7 Å². The Morgan fingerprint density at radius 3 is 2.55 bits per heavy atom. The molecule has 2 aromatic carbocycles. The Bertz CT molecular complexity index is 594. The smallest absolute Gasteiger partial charge is 0.269 e. The van der Waals surface area contributed by atoms with Gasteiger partial charge in [0.05, 0.1) is 4.92 Å². The largest absolute Gasteiger partial charge is 0.306 e. The lowest BCUT2D eigenvalue weighted by molar-refractivity contribution is -0.384. The van der Waals surface area contributed by atoms with Gasteiger partial charge in [0.2, 0.25) is 0 Å². The molecule has 0 saturated heterocycles. The van der Waals surface area contributed by atoms with Crippen molar-refractivity contribution in [2.24, 2.45) is 0 Å². The van der Waals surface area contributed by atoms with E-state index in [0.29, 0.717) is 0 Å². The Balaban J connectivity index is 2.01. The molecule has 0 heterocycles. The number of non-ortho nitro benzene ring substituents is 1. The van der Waals surface area contributed by atoms with Crippen molar-refractivity contribution in [2.45, 2.75) is 26.4 Å². The van der Waals surface area contributed by atoms with E-state index in [-0.39, 0.29) is 16.7 Å². The van der Waals surface area contributed by atoms with E-state index in [1.165, 1.54) is 17.2 Å². The minimum Gasteiger partial charge on any atom is -0.306 e. The van der Waals surface area contributed by atoms with Gasteiger partial charge in [0, 0.05) is 24.7 Å². The van der Waals surface area contributed by atoms with Gasteiger partial charge in [-0.25, -0.2) is 0 Å². The van der Waals surface area contributed by atoms with Crippen molar-refractivity contribution in [3.63, 3.8) is 0 Å². The van der Waals surface area contributed by atoms with E-state index in [1.54, 1.807) is 12.1 Å². The van der Waals surface area contributed by atoms with E-state index in [1.807, 2.05) is 13.0 Å². The van der Waals surface area contributed by atoms with Crippen molar-refractivity contribution in [1.82, 2.24) is 5.32 Å². The fourth-order valence-corrected chi connectivity index (χ4v) is 2.00. The molecule has 0 aromatic heterocycles. The molecule has 20 heavy (non-hydrogen) atoms. The van der Waals surface area contributed by atoms with Crippen LogP contribution in [0.2, 0.25) is 0 Å². The van der Waals surface area contributed by atoms with Crippen LogP contribution < -0.4 is 5.32 Å². The van der Waals surface area contributed by atoms with Gasteiger partial charge in [-0.15, -0.1) is 0 Å². The van der Waals surface area contributed by atoms with Gasteiger partial charge in [-0.3, -0.25) is 10.1 Å². The zero-order valence-electron chi connectivity index (χ0n) is 11.7. The summed E-state index contributed by atoms with van der Waals surface area (Å²) >= 11 is 0. The first-order valence-electron chi connectivity index (χ1n) is 6.59. The van der Waals surface area contributed by atoms with E-state index >= 15 is 0 Å². The molecule has 0 aliphatic heterocycles. The van der Waals surface area contributed by atoms with Gasteiger partial charge in [0.15, 0.2) is 0 Å². The minimum atomic E-state index is -0.365. The lowest BCUT2D eigenvalue weighted by Crippen LogP contribution is -2.18. The lowest BCUT2D eigenvalue weighted by atomic mass is 10.1. The third-order valence-corrected chi connectivity index (χ3v) is 3.31. The zero-order chi connectivity index (χ0) is 14.5. The Morgan fingerprint density at radius 1 is 1.20 bits per heavy atom. The summed E-state index contributed by atoms with van der Waals surface area (Å²) in [4.78, 5) is 10.4. The van der Waals surface area contributed by atoms with Crippen LogP contribution in [0.25, 0.3) is 0 Å². The van der Waals surface area contributed by atoms with Gasteiger partial charge in [0.25, 0.3) is 5.69 Å². The standard InChI is InChI=1S/C16H18N2O2/c1-12-6-8-14(9-7-12)11-17-13(2)15-4-3-5-16(10-15)18(19)20/h3-10,13,17H,11H2,1-2H3. The number of hydrogen-bond acceptors (Lipinski definition) is 3. The zero-order valence-corrected chi connectivity index (χ0v) is 11.7. The van der Waals surface area contributed by atoms with Crippen molar-refractivity contribution < 1.29 is 4.92 Å². The summed E-state index contributed by atoms with van der Waals surface area (Å²) in [6, 6.07) is 15.1. The maximum Gasteiger partial charge on any atom is 0.269 e. The molecule has 1 atom stereocenters. The highest BCUT2D eigenvalue weighted by Gasteiger charge is 2.10. The Labute approximate surface area is 118 Å². The van der Waals surface area contributed by atoms with Crippen LogP contribution in [0.15, 0.2) is 48.5 Å². The molecule has 4 nitrogen and oxygen atoms in total. The monoisotopic (exact) mass is 270 g/mol. The molecule has 1 N–H and O–H groups in total. The van der Waals surface area contributed by atoms with Gasteiger partial charge in [0.1, 0.15) is 0 Å². The van der Waals surface area contributed by atoms with Crippen molar-refractivity contribution in [2.75, 3.05) is 0 Å². The van der Waals surface area contributed by atoms with Crippen LogP contribution in [-0.2, 0) is 6.54 Å². The number of hydrogen-bond donors (Lipinski definition) is 1. The quantitative estimate of drug-likeness (QED) is 0.665. The number of nitrogens with zero attached hydrogens (tertiary/aromatic N) is 1. The Hall–Kier alpha value is -2.20. The van der Waals surface area contributed by atoms with E-state index < -0.39 is 0 Å². The maximum atomic E-state index is 10.8. The Morgan fingerprint density at radius 2 is 1.90 bits per heavy atom. The highest BCUT2D eigenvalue weighted by atomic mass is 16.6. The number of benzene rings is 2. The third-order valence-electron chi connectivity index (χ3n) is 3.31. The molecule has 2 rings (SSSR count). The molecule has 2 aromatic rings.